The number of rotatable bonds is 8. The zero-order valence-corrected chi connectivity index (χ0v) is 12.5. The van der Waals surface area contributed by atoms with Crippen LogP contribution in [0.25, 0.3) is 0 Å². The normalized spacial score (nSPS) is 27.2. The van der Waals surface area contributed by atoms with Gasteiger partial charge in [0.2, 0.25) is 0 Å². The van der Waals surface area contributed by atoms with E-state index < -0.39 is 23.3 Å². The lowest BCUT2D eigenvalue weighted by atomic mass is 9.60. The van der Waals surface area contributed by atoms with E-state index >= 15 is 0 Å². The SMILES string of the molecule is CCCCCCC(C)C1(C(=O)O)CC=CCC1C(=O)O. The van der Waals surface area contributed by atoms with Gasteiger partial charge in [-0.2, -0.15) is 0 Å². The molecule has 1 aliphatic carbocycles. The molecule has 0 spiro atoms. The highest BCUT2D eigenvalue weighted by Gasteiger charge is 2.52. The summed E-state index contributed by atoms with van der Waals surface area (Å²) in [5.74, 6) is -2.89. The third-order valence-corrected chi connectivity index (χ3v) is 4.68. The summed E-state index contributed by atoms with van der Waals surface area (Å²) < 4.78 is 0. The van der Waals surface area contributed by atoms with E-state index in [1.165, 1.54) is 0 Å². The van der Waals surface area contributed by atoms with E-state index in [1.54, 1.807) is 6.08 Å². The summed E-state index contributed by atoms with van der Waals surface area (Å²) in [6, 6.07) is 0. The van der Waals surface area contributed by atoms with E-state index in [4.69, 9.17) is 0 Å². The molecule has 2 N–H and O–H groups in total. The highest BCUT2D eigenvalue weighted by Crippen LogP contribution is 2.46. The van der Waals surface area contributed by atoms with Gasteiger partial charge in [-0.1, -0.05) is 51.7 Å². The number of carboxylic acids is 2. The maximum Gasteiger partial charge on any atom is 0.311 e. The van der Waals surface area contributed by atoms with Crippen molar-refractivity contribution < 1.29 is 19.8 Å². The molecule has 0 aliphatic heterocycles. The third-order valence-electron chi connectivity index (χ3n) is 4.68. The van der Waals surface area contributed by atoms with Crippen LogP contribution >= 0.6 is 0 Å². The number of allylic oxidation sites excluding steroid dienone is 2. The van der Waals surface area contributed by atoms with Crippen molar-refractivity contribution in [1.29, 1.82) is 0 Å². The lowest BCUT2D eigenvalue weighted by Crippen LogP contribution is -2.48. The van der Waals surface area contributed by atoms with Gasteiger partial charge in [0.15, 0.2) is 0 Å². The van der Waals surface area contributed by atoms with Gasteiger partial charge < -0.3 is 10.2 Å². The summed E-state index contributed by atoms with van der Waals surface area (Å²) in [5, 5.41) is 19.1. The van der Waals surface area contributed by atoms with E-state index in [0.717, 1.165) is 32.1 Å². The van der Waals surface area contributed by atoms with Crippen LogP contribution in [0, 0.1) is 17.3 Å². The first-order valence-electron chi connectivity index (χ1n) is 7.58. The Balaban J connectivity index is 2.86. The molecule has 0 fully saturated rings. The number of hydrogen-bond acceptors (Lipinski definition) is 2. The first kappa shape index (κ1) is 16.7. The van der Waals surface area contributed by atoms with Crippen LogP contribution in [0.4, 0.5) is 0 Å². The number of unbranched alkanes of at least 4 members (excludes halogenated alkanes) is 3. The molecule has 0 bridgehead atoms. The number of carboxylic acid groups (broad SMARTS) is 2. The van der Waals surface area contributed by atoms with Gasteiger partial charge in [-0.3, -0.25) is 9.59 Å². The molecule has 1 rings (SSSR count). The summed E-state index contributed by atoms with van der Waals surface area (Å²) >= 11 is 0. The second-order valence-corrected chi connectivity index (χ2v) is 5.90. The number of carbonyl (C=O) groups is 2. The Kier molecular flexibility index (Phi) is 6.24. The van der Waals surface area contributed by atoms with Crippen LogP contribution < -0.4 is 0 Å². The van der Waals surface area contributed by atoms with Gasteiger partial charge in [-0.15, -0.1) is 0 Å². The fourth-order valence-electron chi connectivity index (χ4n) is 3.31. The second kappa shape index (κ2) is 7.46. The Hall–Kier alpha value is -1.32. The Morgan fingerprint density at radius 3 is 2.50 bits per heavy atom. The van der Waals surface area contributed by atoms with Crippen LogP contribution in [-0.2, 0) is 9.59 Å². The highest BCUT2D eigenvalue weighted by molar-refractivity contribution is 5.84. The standard InChI is InChI=1S/C16H26O4/c1-3-4-5-6-9-12(2)16(15(19)20)11-8-7-10-13(16)14(17)18/h7-8,12-13H,3-6,9-11H2,1-2H3,(H,17,18)(H,19,20). The van der Waals surface area contributed by atoms with Gasteiger partial charge >= 0.3 is 11.9 Å². The molecule has 3 unspecified atom stereocenters. The average Bonchev–Trinajstić information content (AvgIpc) is 2.42. The molecule has 114 valence electrons. The van der Waals surface area contributed by atoms with Gasteiger partial charge in [0.05, 0.1) is 11.3 Å². The number of hydrogen-bond donors (Lipinski definition) is 2. The Morgan fingerprint density at radius 1 is 1.25 bits per heavy atom. The molecule has 0 saturated carbocycles. The summed E-state index contributed by atoms with van der Waals surface area (Å²) in [6.45, 7) is 4.03. The van der Waals surface area contributed by atoms with Crippen molar-refractivity contribution in [1.82, 2.24) is 0 Å². The molecule has 0 aromatic heterocycles. The summed E-state index contributed by atoms with van der Waals surface area (Å²) in [6.07, 6.45) is 9.40. The van der Waals surface area contributed by atoms with E-state index in [1.807, 2.05) is 13.0 Å². The number of aliphatic carboxylic acids is 2. The first-order valence-corrected chi connectivity index (χ1v) is 7.58. The molecule has 3 atom stereocenters. The zero-order chi connectivity index (χ0) is 15.2. The van der Waals surface area contributed by atoms with Crippen molar-refractivity contribution in [3.8, 4) is 0 Å². The van der Waals surface area contributed by atoms with E-state index in [2.05, 4.69) is 6.92 Å². The fraction of sp³-hybridized carbons (Fsp3) is 0.750. The van der Waals surface area contributed by atoms with Crippen LogP contribution in [0.1, 0.15) is 58.8 Å². The average molecular weight is 282 g/mol. The Labute approximate surface area is 120 Å². The third kappa shape index (κ3) is 3.41. The van der Waals surface area contributed by atoms with Crippen LogP contribution in [0.15, 0.2) is 12.2 Å². The Bertz CT molecular complexity index is 375. The van der Waals surface area contributed by atoms with Gasteiger partial charge in [0.1, 0.15) is 0 Å². The minimum atomic E-state index is -1.15. The van der Waals surface area contributed by atoms with Crippen LogP contribution in [0.5, 0.6) is 0 Å². The molecule has 0 radical (unpaired) electrons. The van der Waals surface area contributed by atoms with Gasteiger partial charge in [-0.05, 0) is 25.2 Å². The van der Waals surface area contributed by atoms with E-state index in [0.29, 0.717) is 12.8 Å². The van der Waals surface area contributed by atoms with Gasteiger partial charge in [0, 0.05) is 0 Å². The van der Waals surface area contributed by atoms with Crippen molar-refractivity contribution >= 4 is 11.9 Å². The maximum atomic E-state index is 11.8. The molecule has 1 aliphatic rings. The van der Waals surface area contributed by atoms with Crippen molar-refractivity contribution in [3.05, 3.63) is 12.2 Å². The maximum absolute atomic E-state index is 11.8. The van der Waals surface area contributed by atoms with Crippen LogP contribution in [-0.4, -0.2) is 22.2 Å². The topological polar surface area (TPSA) is 74.6 Å². The van der Waals surface area contributed by atoms with Crippen LogP contribution in [0.2, 0.25) is 0 Å². The summed E-state index contributed by atoms with van der Waals surface area (Å²) in [5.41, 5.74) is -1.15. The molecule has 0 heterocycles. The van der Waals surface area contributed by atoms with E-state index in [9.17, 15) is 19.8 Å². The molecule has 0 amide bonds. The van der Waals surface area contributed by atoms with Gasteiger partial charge in [-0.25, -0.2) is 0 Å². The van der Waals surface area contributed by atoms with Gasteiger partial charge in [0.25, 0.3) is 0 Å². The minimum Gasteiger partial charge on any atom is -0.481 e. The fourth-order valence-corrected chi connectivity index (χ4v) is 3.31. The molecule has 4 heteroatoms. The second-order valence-electron chi connectivity index (χ2n) is 5.90. The minimum absolute atomic E-state index is 0.122. The molecular formula is C16H26O4. The molecule has 4 nitrogen and oxygen atoms in total. The predicted molar refractivity (Wildman–Crippen MR) is 77.5 cm³/mol. The lowest BCUT2D eigenvalue weighted by Gasteiger charge is -2.41. The molecular weight excluding hydrogens is 256 g/mol. The van der Waals surface area contributed by atoms with Crippen molar-refractivity contribution in [2.75, 3.05) is 0 Å². The molecule has 0 saturated heterocycles. The van der Waals surface area contributed by atoms with Crippen molar-refractivity contribution in [2.45, 2.75) is 58.8 Å². The van der Waals surface area contributed by atoms with Crippen molar-refractivity contribution in [2.24, 2.45) is 17.3 Å². The smallest absolute Gasteiger partial charge is 0.311 e. The Morgan fingerprint density at radius 2 is 1.95 bits per heavy atom. The summed E-state index contributed by atoms with van der Waals surface area (Å²) in [7, 11) is 0. The zero-order valence-electron chi connectivity index (χ0n) is 12.5. The monoisotopic (exact) mass is 282 g/mol. The lowest BCUT2D eigenvalue weighted by molar-refractivity contribution is -0.167. The van der Waals surface area contributed by atoms with E-state index in [-0.39, 0.29) is 5.92 Å². The van der Waals surface area contributed by atoms with Crippen molar-refractivity contribution in [3.63, 3.8) is 0 Å². The molecule has 0 aromatic rings. The molecule has 0 aromatic carbocycles. The van der Waals surface area contributed by atoms with Crippen LogP contribution in [0.3, 0.4) is 0 Å². The predicted octanol–water partition coefficient (Wildman–Crippen LogP) is 3.71. The quantitative estimate of drug-likeness (QED) is 0.525. The summed E-state index contributed by atoms with van der Waals surface area (Å²) in [4.78, 5) is 23.3. The largest absolute Gasteiger partial charge is 0.481 e. The molecule has 20 heavy (non-hydrogen) atoms. The highest BCUT2D eigenvalue weighted by atomic mass is 16.4. The first-order chi connectivity index (χ1) is 9.46.